The van der Waals surface area contributed by atoms with Gasteiger partial charge in [-0.05, 0) is 31.6 Å². The summed E-state index contributed by atoms with van der Waals surface area (Å²) in [6, 6.07) is 0. The number of ether oxygens (including phenoxy) is 1. The van der Waals surface area contributed by atoms with Gasteiger partial charge in [-0.25, -0.2) is 4.79 Å². The van der Waals surface area contributed by atoms with Gasteiger partial charge < -0.3 is 4.74 Å². The molecular formula is C11H18O2. The predicted octanol–water partition coefficient (Wildman–Crippen LogP) is 2.54. The van der Waals surface area contributed by atoms with Crippen molar-refractivity contribution < 1.29 is 9.53 Å². The van der Waals surface area contributed by atoms with Gasteiger partial charge in [0.05, 0.1) is 6.61 Å². The highest BCUT2D eigenvalue weighted by molar-refractivity contribution is 5.88. The first-order valence-corrected chi connectivity index (χ1v) is 5.01. The second-order valence-corrected chi connectivity index (χ2v) is 3.86. The molecule has 0 radical (unpaired) electrons. The smallest absolute Gasteiger partial charge is 0.333 e. The summed E-state index contributed by atoms with van der Waals surface area (Å²) in [6.45, 7) is 8.30. The Kier molecular flexibility index (Phi) is 3.52. The van der Waals surface area contributed by atoms with Crippen LogP contribution in [0.2, 0.25) is 0 Å². The molecule has 2 atom stereocenters. The fourth-order valence-corrected chi connectivity index (χ4v) is 1.91. The van der Waals surface area contributed by atoms with Crippen LogP contribution >= 0.6 is 0 Å². The van der Waals surface area contributed by atoms with Crippen molar-refractivity contribution in [2.75, 3.05) is 6.61 Å². The maximum atomic E-state index is 11.3. The molecule has 0 aromatic heterocycles. The number of carbonyl (C=O) groups excluding carboxylic acids is 1. The van der Waals surface area contributed by atoms with Gasteiger partial charge >= 0.3 is 5.97 Å². The second-order valence-electron chi connectivity index (χ2n) is 3.86. The van der Waals surface area contributed by atoms with Gasteiger partial charge in [-0.15, -0.1) is 0 Å². The summed E-state index contributed by atoms with van der Waals surface area (Å²) in [6.07, 6.45) is 3.40. The molecule has 0 bridgehead atoms. The van der Waals surface area contributed by atoms with Crippen LogP contribution in [0, 0.1) is 11.8 Å². The molecule has 74 valence electrons. The van der Waals surface area contributed by atoms with Crippen LogP contribution in [0.3, 0.4) is 0 Å². The van der Waals surface area contributed by atoms with E-state index >= 15 is 0 Å². The van der Waals surface area contributed by atoms with E-state index in [1.807, 2.05) is 6.92 Å². The number of carbonyl (C=O) groups is 1. The number of rotatable bonds is 3. The monoisotopic (exact) mass is 182 g/mol. The Hall–Kier alpha value is -0.790. The maximum absolute atomic E-state index is 11.3. The molecule has 0 aromatic rings. The standard InChI is InChI=1S/C11H18O2/c1-4-13-11(12)9(3)10-6-5-8(2)7-10/h8,10H,3-7H2,1-2H3. The molecule has 0 spiro atoms. The molecular weight excluding hydrogens is 164 g/mol. The van der Waals surface area contributed by atoms with Gasteiger partial charge in [-0.1, -0.05) is 19.9 Å². The van der Waals surface area contributed by atoms with Crippen molar-refractivity contribution in [2.45, 2.75) is 33.1 Å². The molecule has 0 heterocycles. The van der Waals surface area contributed by atoms with Gasteiger partial charge in [0, 0.05) is 5.57 Å². The van der Waals surface area contributed by atoms with Gasteiger partial charge in [-0.2, -0.15) is 0 Å². The van der Waals surface area contributed by atoms with Crippen molar-refractivity contribution in [1.29, 1.82) is 0 Å². The molecule has 2 unspecified atom stereocenters. The minimum atomic E-state index is -0.207. The molecule has 2 heteroatoms. The molecule has 1 aliphatic rings. The molecule has 0 N–H and O–H groups in total. The van der Waals surface area contributed by atoms with Crippen LogP contribution in [-0.2, 0) is 9.53 Å². The van der Waals surface area contributed by atoms with Crippen molar-refractivity contribution in [3.63, 3.8) is 0 Å². The van der Waals surface area contributed by atoms with Gasteiger partial charge in [0.1, 0.15) is 0 Å². The maximum Gasteiger partial charge on any atom is 0.333 e. The van der Waals surface area contributed by atoms with Crippen molar-refractivity contribution >= 4 is 5.97 Å². The minimum absolute atomic E-state index is 0.207. The van der Waals surface area contributed by atoms with Crippen LogP contribution in [0.1, 0.15) is 33.1 Å². The van der Waals surface area contributed by atoms with Crippen LogP contribution in [0.5, 0.6) is 0 Å². The Morgan fingerprint density at radius 1 is 1.54 bits per heavy atom. The van der Waals surface area contributed by atoms with Crippen molar-refractivity contribution in [2.24, 2.45) is 11.8 Å². The number of hydrogen-bond acceptors (Lipinski definition) is 2. The topological polar surface area (TPSA) is 26.3 Å². The lowest BCUT2D eigenvalue weighted by atomic mass is 9.98. The van der Waals surface area contributed by atoms with E-state index < -0.39 is 0 Å². The lowest BCUT2D eigenvalue weighted by molar-refractivity contribution is -0.139. The minimum Gasteiger partial charge on any atom is -0.463 e. The Balaban J connectivity index is 2.43. The van der Waals surface area contributed by atoms with Crippen molar-refractivity contribution in [3.05, 3.63) is 12.2 Å². The predicted molar refractivity (Wildman–Crippen MR) is 52.3 cm³/mol. The molecule has 0 aromatic carbocycles. The quantitative estimate of drug-likeness (QED) is 0.495. The molecule has 1 aliphatic carbocycles. The molecule has 0 saturated heterocycles. The number of esters is 1. The average Bonchev–Trinajstić information content (AvgIpc) is 2.51. The van der Waals surface area contributed by atoms with Crippen molar-refractivity contribution in [1.82, 2.24) is 0 Å². The summed E-state index contributed by atoms with van der Waals surface area (Å²) in [7, 11) is 0. The molecule has 2 nitrogen and oxygen atoms in total. The van der Waals surface area contributed by atoms with Crippen molar-refractivity contribution in [3.8, 4) is 0 Å². The molecule has 0 amide bonds. The average molecular weight is 182 g/mol. The van der Waals surface area contributed by atoms with Crippen LogP contribution in [-0.4, -0.2) is 12.6 Å². The Labute approximate surface area is 80.0 Å². The molecule has 1 rings (SSSR count). The van der Waals surface area contributed by atoms with E-state index in [1.54, 1.807) is 0 Å². The van der Waals surface area contributed by atoms with Gasteiger partial charge in [0.25, 0.3) is 0 Å². The van der Waals surface area contributed by atoms with Crippen LogP contribution in [0.4, 0.5) is 0 Å². The largest absolute Gasteiger partial charge is 0.463 e. The Morgan fingerprint density at radius 2 is 2.23 bits per heavy atom. The van der Waals surface area contributed by atoms with Crippen LogP contribution < -0.4 is 0 Å². The first-order valence-electron chi connectivity index (χ1n) is 5.01. The van der Waals surface area contributed by atoms with E-state index in [-0.39, 0.29) is 5.97 Å². The zero-order valence-electron chi connectivity index (χ0n) is 8.51. The van der Waals surface area contributed by atoms with E-state index in [0.717, 1.165) is 18.8 Å². The van der Waals surface area contributed by atoms with Gasteiger partial charge in [-0.3, -0.25) is 0 Å². The molecule has 0 aliphatic heterocycles. The highest BCUT2D eigenvalue weighted by atomic mass is 16.5. The van der Waals surface area contributed by atoms with E-state index in [1.165, 1.54) is 6.42 Å². The fourth-order valence-electron chi connectivity index (χ4n) is 1.91. The first kappa shape index (κ1) is 10.3. The summed E-state index contributed by atoms with van der Waals surface area (Å²) < 4.78 is 4.91. The molecule has 13 heavy (non-hydrogen) atoms. The highest BCUT2D eigenvalue weighted by Gasteiger charge is 2.27. The highest BCUT2D eigenvalue weighted by Crippen LogP contribution is 2.34. The third-order valence-electron chi connectivity index (χ3n) is 2.73. The fraction of sp³-hybridized carbons (Fsp3) is 0.727. The Bertz CT molecular complexity index is 208. The lowest BCUT2D eigenvalue weighted by Crippen LogP contribution is -2.13. The van der Waals surface area contributed by atoms with E-state index in [4.69, 9.17) is 4.74 Å². The number of hydrogen-bond donors (Lipinski definition) is 0. The zero-order valence-corrected chi connectivity index (χ0v) is 8.51. The van der Waals surface area contributed by atoms with Gasteiger partial charge in [0.2, 0.25) is 0 Å². The normalized spacial score (nSPS) is 27.2. The Morgan fingerprint density at radius 3 is 2.69 bits per heavy atom. The van der Waals surface area contributed by atoms with E-state index in [2.05, 4.69) is 13.5 Å². The first-order chi connectivity index (χ1) is 6.15. The second kappa shape index (κ2) is 4.45. The third-order valence-corrected chi connectivity index (χ3v) is 2.73. The summed E-state index contributed by atoms with van der Waals surface area (Å²) in [4.78, 5) is 11.3. The molecule has 1 fully saturated rings. The van der Waals surface area contributed by atoms with Gasteiger partial charge in [0.15, 0.2) is 0 Å². The van der Waals surface area contributed by atoms with Crippen LogP contribution in [0.25, 0.3) is 0 Å². The summed E-state index contributed by atoms with van der Waals surface area (Å²) >= 11 is 0. The summed E-state index contributed by atoms with van der Waals surface area (Å²) in [5.41, 5.74) is 0.672. The zero-order chi connectivity index (χ0) is 9.84. The SMILES string of the molecule is C=C(C(=O)OCC)C1CCC(C)C1. The lowest BCUT2D eigenvalue weighted by Gasteiger charge is -2.11. The molecule has 1 saturated carbocycles. The van der Waals surface area contributed by atoms with Crippen LogP contribution in [0.15, 0.2) is 12.2 Å². The third kappa shape index (κ3) is 2.58. The van der Waals surface area contributed by atoms with E-state index in [0.29, 0.717) is 18.1 Å². The summed E-state index contributed by atoms with van der Waals surface area (Å²) in [5, 5.41) is 0. The summed E-state index contributed by atoms with van der Waals surface area (Å²) in [5.74, 6) is 0.895. The van der Waals surface area contributed by atoms with E-state index in [9.17, 15) is 4.79 Å².